The monoisotopic (exact) mass is 230 g/mol. The highest BCUT2D eigenvalue weighted by Crippen LogP contribution is 2.56. The smallest absolute Gasteiger partial charge is 0.335 e. The first kappa shape index (κ1) is 10.3. The van der Waals surface area contributed by atoms with E-state index in [-0.39, 0.29) is 0 Å². The summed E-state index contributed by atoms with van der Waals surface area (Å²) >= 11 is 0. The van der Waals surface area contributed by atoms with Crippen molar-refractivity contribution in [3.05, 3.63) is 30.1 Å². The van der Waals surface area contributed by atoms with Gasteiger partial charge in [0.1, 0.15) is 0 Å². The van der Waals surface area contributed by atoms with Crippen molar-refractivity contribution < 1.29 is 9.90 Å². The third-order valence-corrected chi connectivity index (χ3v) is 3.62. The summed E-state index contributed by atoms with van der Waals surface area (Å²) in [5, 5.41) is 9.00. The molecule has 0 aliphatic heterocycles. The lowest BCUT2D eigenvalue weighted by atomic mass is 10.1. The Labute approximate surface area is 98.9 Å². The molecule has 2 aromatic rings. The topological polar surface area (TPSA) is 55.1 Å². The second-order valence-electron chi connectivity index (χ2n) is 5.37. The maximum Gasteiger partial charge on any atom is 0.335 e. The van der Waals surface area contributed by atoms with Crippen LogP contribution in [0.3, 0.4) is 0 Å². The number of rotatable bonds is 2. The van der Waals surface area contributed by atoms with E-state index in [1.807, 2.05) is 6.33 Å². The predicted molar refractivity (Wildman–Crippen MR) is 64.1 cm³/mol. The van der Waals surface area contributed by atoms with Crippen LogP contribution in [-0.2, 0) is 0 Å². The highest BCUT2D eigenvalue weighted by atomic mass is 16.4. The number of carboxylic acids is 1. The fourth-order valence-corrected chi connectivity index (χ4v) is 2.32. The van der Waals surface area contributed by atoms with E-state index < -0.39 is 5.97 Å². The van der Waals surface area contributed by atoms with Crippen molar-refractivity contribution >= 4 is 17.0 Å². The van der Waals surface area contributed by atoms with Crippen molar-refractivity contribution in [1.82, 2.24) is 9.55 Å². The van der Waals surface area contributed by atoms with E-state index in [9.17, 15) is 4.79 Å². The summed E-state index contributed by atoms with van der Waals surface area (Å²) in [4.78, 5) is 15.3. The van der Waals surface area contributed by atoms with Crippen LogP contribution >= 0.6 is 0 Å². The van der Waals surface area contributed by atoms with Crippen molar-refractivity contribution in [3.8, 4) is 0 Å². The van der Waals surface area contributed by atoms with Gasteiger partial charge in [0.25, 0.3) is 0 Å². The number of aromatic nitrogens is 2. The van der Waals surface area contributed by atoms with Crippen LogP contribution in [0.2, 0.25) is 0 Å². The van der Waals surface area contributed by atoms with Crippen LogP contribution < -0.4 is 0 Å². The molecule has 0 radical (unpaired) electrons. The Balaban J connectivity index is 2.14. The largest absolute Gasteiger partial charge is 0.478 e. The lowest BCUT2D eigenvalue weighted by molar-refractivity contribution is 0.0697. The van der Waals surface area contributed by atoms with Gasteiger partial charge in [0.15, 0.2) is 0 Å². The summed E-state index contributed by atoms with van der Waals surface area (Å²) < 4.78 is 2.10. The standard InChI is InChI=1S/C13H14N2O2/c1-13(2)6-11(13)15-7-14-9-4-3-8(12(16)17)5-10(9)15/h3-5,7,11H,6H2,1-2H3,(H,16,17). The SMILES string of the molecule is CC1(C)CC1n1cnc2ccc(C(=O)O)cc21. The molecule has 17 heavy (non-hydrogen) atoms. The summed E-state index contributed by atoms with van der Waals surface area (Å²) in [6.07, 6.45) is 2.94. The second-order valence-corrected chi connectivity index (χ2v) is 5.37. The Bertz CT molecular complexity index is 613. The van der Waals surface area contributed by atoms with Crippen molar-refractivity contribution in [1.29, 1.82) is 0 Å². The number of hydrogen-bond donors (Lipinski definition) is 1. The first-order valence-electron chi connectivity index (χ1n) is 5.69. The maximum atomic E-state index is 11.0. The van der Waals surface area contributed by atoms with Crippen molar-refractivity contribution in [3.63, 3.8) is 0 Å². The minimum absolute atomic E-state index is 0.298. The van der Waals surface area contributed by atoms with Gasteiger partial charge >= 0.3 is 5.97 Å². The minimum atomic E-state index is -0.894. The highest BCUT2D eigenvalue weighted by molar-refractivity contribution is 5.92. The third kappa shape index (κ3) is 1.52. The zero-order valence-electron chi connectivity index (χ0n) is 9.84. The minimum Gasteiger partial charge on any atom is -0.478 e. The summed E-state index contributed by atoms with van der Waals surface area (Å²) in [5.41, 5.74) is 2.39. The number of carbonyl (C=O) groups is 1. The Morgan fingerprint density at radius 2 is 2.24 bits per heavy atom. The molecule has 4 nitrogen and oxygen atoms in total. The van der Waals surface area contributed by atoms with Crippen molar-refractivity contribution in [2.24, 2.45) is 5.41 Å². The number of nitrogens with zero attached hydrogens (tertiary/aromatic N) is 2. The number of hydrogen-bond acceptors (Lipinski definition) is 2. The van der Waals surface area contributed by atoms with Gasteiger partial charge < -0.3 is 9.67 Å². The third-order valence-electron chi connectivity index (χ3n) is 3.62. The molecule has 1 aliphatic rings. The molecule has 1 atom stereocenters. The zero-order chi connectivity index (χ0) is 12.2. The molecule has 1 N–H and O–H groups in total. The summed E-state index contributed by atoms with van der Waals surface area (Å²) in [6, 6.07) is 5.51. The molecule has 1 aromatic carbocycles. The number of carboxylic acid groups (broad SMARTS) is 1. The molecule has 0 amide bonds. The van der Waals surface area contributed by atoms with E-state index in [4.69, 9.17) is 5.11 Å². The second kappa shape index (κ2) is 3.09. The van der Waals surface area contributed by atoms with E-state index in [0.717, 1.165) is 17.5 Å². The van der Waals surface area contributed by atoms with Crippen molar-refractivity contribution in [2.75, 3.05) is 0 Å². The molecule has 88 valence electrons. The highest BCUT2D eigenvalue weighted by Gasteiger charge is 2.47. The molecule has 0 bridgehead atoms. The number of imidazole rings is 1. The van der Waals surface area contributed by atoms with Gasteiger partial charge in [0, 0.05) is 6.04 Å². The van der Waals surface area contributed by atoms with E-state index in [0.29, 0.717) is 17.0 Å². The molecule has 1 fully saturated rings. The lowest BCUT2D eigenvalue weighted by Crippen LogP contribution is -2.00. The normalized spacial score (nSPS) is 21.6. The predicted octanol–water partition coefficient (Wildman–Crippen LogP) is 2.71. The Morgan fingerprint density at radius 1 is 1.53 bits per heavy atom. The van der Waals surface area contributed by atoms with E-state index in [1.165, 1.54) is 0 Å². The average molecular weight is 230 g/mol. The number of benzene rings is 1. The van der Waals surface area contributed by atoms with Gasteiger partial charge in [-0.1, -0.05) is 13.8 Å². The Morgan fingerprint density at radius 3 is 2.82 bits per heavy atom. The average Bonchev–Trinajstić information content (AvgIpc) is 2.74. The van der Waals surface area contributed by atoms with Crippen LogP contribution in [0.5, 0.6) is 0 Å². The van der Waals surface area contributed by atoms with E-state index >= 15 is 0 Å². The quantitative estimate of drug-likeness (QED) is 0.863. The van der Waals surface area contributed by atoms with Crippen LogP contribution in [0, 0.1) is 5.41 Å². The lowest BCUT2D eigenvalue weighted by Gasteiger charge is -2.06. The zero-order valence-corrected chi connectivity index (χ0v) is 9.84. The van der Waals surface area contributed by atoms with Crippen LogP contribution in [-0.4, -0.2) is 20.6 Å². The van der Waals surface area contributed by atoms with Gasteiger partial charge in [0.05, 0.1) is 22.9 Å². The fraction of sp³-hybridized carbons (Fsp3) is 0.385. The van der Waals surface area contributed by atoms with Crippen LogP contribution in [0.25, 0.3) is 11.0 Å². The number of aromatic carboxylic acids is 1. The van der Waals surface area contributed by atoms with Crippen LogP contribution in [0.4, 0.5) is 0 Å². The van der Waals surface area contributed by atoms with Gasteiger partial charge in [-0.05, 0) is 30.0 Å². The molecule has 0 saturated heterocycles. The molecule has 1 heterocycles. The van der Waals surface area contributed by atoms with Gasteiger partial charge in [0.2, 0.25) is 0 Å². The molecular weight excluding hydrogens is 216 g/mol. The molecule has 1 unspecified atom stereocenters. The summed E-state index contributed by atoms with van der Waals surface area (Å²) in [7, 11) is 0. The number of fused-ring (bicyclic) bond motifs is 1. The van der Waals surface area contributed by atoms with Gasteiger partial charge in [-0.3, -0.25) is 0 Å². The van der Waals surface area contributed by atoms with Gasteiger partial charge in [-0.25, -0.2) is 9.78 Å². The first-order chi connectivity index (χ1) is 7.99. The molecule has 3 rings (SSSR count). The molecule has 1 saturated carbocycles. The van der Waals surface area contributed by atoms with E-state index in [1.54, 1.807) is 18.2 Å². The van der Waals surface area contributed by atoms with E-state index in [2.05, 4.69) is 23.4 Å². The van der Waals surface area contributed by atoms with Gasteiger partial charge in [-0.2, -0.15) is 0 Å². The molecule has 4 heteroatoms. The Kier molecular flexibility index (Phi) is 1.88. The molecular formula is C13H14N2O2. The first-order valence-corrected chi connectivity index (χ1v) is 5.69. The maximum absolute atomic E-state index is 11.0. The van der Waals surface area contributed by atoms with Crippen LogP contribution in [0.1, 0.15) is 36.7 Å². The molecule has 1 aromatic heterocycles. The van der Waals surface area contributed by atoms with Crippen LogP contribution in [0.15, 0.2) is 24.5 Å². The summed E-state index contributed by atoms with van der Waals surface area (Å²) in [5.74, 6) is -0.894. The van der Waals surface area contributed by atoms with Crippen molar-refractivity contribution in [2.45, 2.75) is 26.3 Å². The molecule has 1 aliphatic carbocycles. The fourth-order valence-electron chi connectivity index (χ4n) is 2.32. The van der Waals surface area contributed by atoms with Gasteiger partial charge in [-0.15, -0.1) is 0 Å². The Hall–Kier alpha value is -1.84. The summed E-state index contributed by atoms with van der Waals surface area (Å²) in [6.45, 7) is 4.43. The molecule has 0 spiro atoms.